The zero-order chi connectivity index (χ0) is 10.7. The Morgan fingerprint density at radius 1 is 1.67 bits per heavy atom. The van der Waals surface area contributed by atoms with Gasteiger partial charge in [-0.05, 0) is 40.4 Å². The minimum Gasteiger partial charge on any atom is -0.367 e. The first-order chi connectivity index (χ1) is 7.29. The van der Waals surface area contributed by atoms with Gasteiger partial charge in [-0.1, -0.05) is 6.92 Å². The van der Waals surface area contributed by atoms with Gasteiger partial charge in [0.15, 0.2) is 9.74 Å². The first-order valence-electron chi connectivity index (χ1n) is 5.12. The molecule has 4 nitrogen and oxygen atoms in total. The maximum absolute atomic E-state index is 5.67. The van der Waals surface area contributed by atoms with Gasteiger partial charge in [0.05, 0.1) is 6.61 Å². The first-order valence-corrected chi connectivity index (χ1v) is 6.69. The highest BCUT2D eigenvalue weighted by atomic mass is 79.9. The topological polar surface area (TPSA) is 38.2 Å². The summed E-state index contributed by atoms with van der Waals surface area (Å²) >= 11 is 4.69. The van der Waals surface area contributed by atoms with Gasteiger partial charge in [0.1, 0.15) is 6.10 Å². The van der Waals surface area contributed by atoms with E-state index in [-0.39, 0.29) is 6.10 Å². The Kier molecular flexibility index (Phi) is 4.07. The number of nitrogens with zero attached hydrogens (tertiary/aromatic N) is 3. The minimum absolute atomic E-state index is 0.0489. The Hall–Kier alpha value is -0.0400. The van der Waals surface area contributed by atoms with Gasteiger partial charge in [0, 0.05) is 13.1 Å². The third kappa shape index (κ3) is 2.96. The molecule has 1 aliphatic rings. The summed E-state index contributed by atoms with van der Waals surface area (Å²) in [5.74, 6) is 0.813. The highest BCUT2D eigenvalue weighted by Gasteiger charge is 2.24. The van der Waals surface area contributed by atoms with Crippen molar-refractivity contribution in [3.05, 3.63) is 9.74 Å². The largest absolute Gasteiger partial charge is 0.367 e. The summed E-state index contributed by atoms with van der Waals surface area (Å²) < 4.78 is 10.8. The molecule has 0 saturated carbocycles. The molecule has 0 aromatic carbocycles. The van der Waals surface area contributed by atoms with Crippen LogP contribution >= 0.6 is 27.5 Å². The molecule has 2 heterocycles. The van der Waals surface area contributed by atoms with Crippen molar-refractivity contribution in [1.29, 1.82) is 0 Å². The predicted octanol–water partition coefficient (Wildman–Crippen LogP) is 2.08. The SMILES string of the molecule is CCCN1CCOC(c2nsc(Br)n2)C1. The van der Waals surface area contributed by atoms with Gasteiger partial charge in [-0.3, -0.25) is 4.90 Å². The maximum atomic E-state index is 5.67. The summed E-state index contributed by atoms with van der Waals surface area (Å²) in [7, 11) is 0. The van der Waals surface area contributed by atoms with Gasteiger partial charge in [0.25, 0.3) is 0 Å². The van der Waals surface area contributed by atoms with Gasteiger partial charge in [-0.25, -0.2) is 4.98 Å². The fourth-order valence-corrected chi connectivity index (χ4v) is 2.58. The molecule has 0 amide bonds. The van der Waals surface area contributed by atoms with E-state index in [2.05, 4.69) is 37.1 Å². The molecule has 2 rings (SSSR count). The van der Waals surface area contributed by atoms with Gasteiger partial charge < -0.3 is 4.74 Å². The normalized spacial score (nSPS) is 23.2. The lowest BCUT2D eigenvalue weighted by Crippen LogP contribution is -2.39. The second-order valence-corrected chi connectivity index (χ2v) is 5.59. The average Bonchev–Trinajstić information content (AvgIpc) is 2.66. The summed E-state index contributed by atoms with van der Waals surface area (Å²) in [6.45, 7) is 6.04. The molecule has 1 aromatic heterocycles. The number of hydrogen-bond donors (Lipinski definition) is 0. The van der Waals surface area contributed by atoms with Crippen molar-refractivity contribution in [2.45, 2.75) is 19.4 Å². The van der Waals surface area contributed by atoms with E-state index in [9.17, 15) is 0 Å². The van der Waals surface area contributed by atoms with Crippen LogP contribution in [0.25, 0.3) is 0 Å². The van der Waals surface area contributed by atoms with E-state index in [0.717, 1.165) is 36.0 Å². The number of rotatable bonds is 3. The Balaban J connectivity index is 1.98. The third-order valence-electron chi connectivity index (χ3n) is 2.40. The predicted molar refractivity (Wildman–Crippen MR) is 63.0 cm³/mol. The van der Waals surface area contributed by atoms with Crippen LogP contribution in [0.2, 0.25) is 0 Å². The molecule has 0 bridgehead atoms. The molecule has 1 saturated heterocycles. The summed E-state index contributed by atoms with van der Waals surface area (Å²) in [5.41, 5.74) is 0. The molecular formula is C9H14BrN3OS. The molecule has 15 heavy (non-hydrogen) atoms. The molecule has 0 aliphatic carbocycles. The van der Waals surface area contributed by atoms with Gasteiger partial charge >= 0.3 is 0 Å². The van der Waals surface area contributed by atoms with Crippen molar-refractivity contribution < 1.29 is 4.74 Å². The van der Waals surface area contributed by atoms with Crippen LogP contribution in [0, 0.1) is 0 Å². The number of hydrogen-bond acceptors (Lipinski definition) is 5. The van der Waals surface area contributed by atoms with E-state index in [1.165, 1.54) is 18.0 Å². The first kappa shape index (κ1) is 11.4. The summed E-state index contributed by atoms with van der Waals surface area (Å²) in [6.07, 6.45) is 1.23. The smallest absolute Gasteiger partial charge is 0.179 e. The van der Waals surface area contributed by atoms with E-state index >= 15 is 0 Å². The summed E-state index contributed by atoms with van der Waals surface area (Å²) in [4.78, 5) is 6.71. The van der Waals surface area contributed by atoms with Crippen LogP contribution in [0.5, 0.6) is 0 Å². The van der Waals surface area contributed by atoms with Crippen LogP contribution in [0.15, 0.2) is 3.92 Å². The number of aromatic nitrogens is 2. The Bertz CT molecular complexity index is 318. The Morgan fingerprint density at radius 2 is 2.53 bits per heavy atom. The van der Waals surface area contributed by atoms with Crippen LogP contribution in [0.3, 0.4) is 0 Å². The molecule has 6 heteroatoms. The van der Waals surface area contributed by atoms with Crippen LogP contribution in [-0.4, -0.2) is 40.5 Å². The van der Waals surface area contributed by atoms with Crippen LogP contribution < -0.4 is 0 Å². The molecule has 1 unspecified atom stereocenters. The average molecular weight is 292 g/mol. The fraction of sp³-hybridized carbons (Fsp3) is 0.778. The Morgan fingerprint density at radius 3 is 3.20 bits per heavy atom. The van der Waals surface area contributed by atoms with E-state index in [1.807, 2.05) is 0 Å². The quantitative estimate of drug-likeness (QED) is 0.855. The minimum atomic E-state index is 0.0489. The van der Waals surface area contributed by atoms with Gasteiger partial charge in [-0.15, -0.1) is 0 Å². The molecule has 1 aliphatic heterocycles. The Labute approximate surface area is 102 Å². The van der Waals surface area contributed by atoms with E-state index in [4.69, 9.17) is 4.74 Å². The van der Waals surface area contributed by atoms with Crippen LogP contribution in [0.4, 0.5) is 0 Å². The van der Waals surface area contributed by atoms with Gasteiger partial charge in [-0.2, -0.15) is 4.37 Å². The van der Waals surface area contributed by atoms with E-state index in [1.54, 1.807) is 0 Å². The fourth-order valence-electron chi connectivity index (χ4n) is 1.72. The lowest BCUT2D eigenvalue weighted by molar-refractivity contribution is -0.0336. The lowest BCUT2D eigenvalue weighted by Gasteiger charge is -2.31. The molecule has 1 fully saturated rings. The van der Waals surface area contributed by atoms with Crippen LogP contribution in [0.1, 0.15) is 25.3 Å². The summed E-state index contributed by atoms with van der Waals surface area (Å²) in [5, 5.41) is 0. The van der Waals surface area contributed by atoms with Crippen LogP contribution in [-0.2, 0) is 4.74 Å². The summed E-state index contributed by atoms with van der Waals surface area (Å²) in [6, 6.07) is 0. The molecule has 0 N–H and O–H groups in total. The lowest BCUT2D eigenvalue weighted by atomic mass is 10.2. The number of morpholine rings is 1. The van der Waals surface area contributed by atoms with Gasteiger partial charge in [0.2, 0.25) is 0 Å². The number of ether oxygens (including phenoxy) is 1. The standard InChI is InChI=1S/C9H14BrN3OS/c1-2-3-13-4-5-14-7(6-13)8-11-9(10)15-12-8/h7H,2-6H2,1H3. The van der Waals surface area contributed by atoms with E-state index in [0.29, 0.717) is 0 Å². The highest BCUT2D eigenvalue weighted by molar-refractivity contribution is 9.11. The van der Waals surface area contributed by atoms with Crippen molar-refractivity contribution in [3.63, 3.8) is 0 Å². The van der Waals surface area contributed by atoms with Crippen molar-refractivity contribution in [3.8, 4) is 0 Å². The van der Waals surface area contributed by atoms with Crippen molar-refractivity contribution in [1.82, 2.24) is 14.3 Å². The molecular weight excluding hydrogens is 278 g/mol. The third-order valence-corrected chi connectivity index (χ3v) is 3.53. The number of halogens is 1. The molecule has 84 valence electrons. The highest BCUT2D eigenvalue weighted by Crippen LogP contribution is 2.23. The van der Waals surface area contributed by atoms with E-state index < -0.39 is 0 Å². The van der Waals surface area contributed by atoms with Crippen molar-refractivity contribution in [2.24, 2.45) is 0 Å². The second-order valence-electron chi connectivity index (χ2n) is 3.57. The zero-order valence-electron chi connectivity index (χ0n) is 8.65. The molecule has 0 radical (unpaired) electrons. The second kappa shape index (κ2) is 5.34. The monoisotopic (exact) mass is 291 g/mol. The van der Waals surface area contributed by atoms with Crippen molar-refractivity contribution >= 4 is 27.5 Å². The molecule has 1 aromatic rings. The molecule has 0 spiro atoms. The molecule has 1 atom stereocenters. The zero-order valence-corrected chi connectivity index (χ0v) is 11.1. The maximum Gasteiger partial charge on any atom is 0.179 e. The van der Waals surface area contributed by atoms with Crippen molar-refractivity contribution in [2.75, 3.05) is 26.2 Å².